The fourth-order valence-electron chi connectivity index (χ4n) is 2.03. The molecule has 0 atom stereocenters. The molecule has 0 aromatic carbocycles. The molecule has 0 unspecified atom stereocenters. The van der Waals surface area contributed by atoms with Crippen molar-refractivity contribution in [1.82, 2.24) is 15.3 Å². The highest BCUT2D eigenvalue weighted by Crippen LogP contribution is 2.17. The minimum absolute atomic E-state index is 0.236. The standard InChI is InChI=1S/C12H17F2N3O/c1-2-9-8-5-15-6-10(8)17-12(16-9)3-4-18-7-11(13)14/h11,15H,2-7H2,1H3. The molecule has 1 aliphatic rings. The van der Waals surface area contributed by atoms with Crippen molar-refractivity contribution in [2.24, 2.45) is 0 Å². The molecule has 1 aromatic heterocycles. The Morgan fingerprint density at radius 3 is 2.89 bits per heavy atom. The highest BCUT2D eigenvalue weighted by atomic mass is 19.3. The summed E-state index contributed by atoms with van der Waals surface area (Å²) in [5, 5.41) is 3.24. The number of hydrogen-bond donors (Lipinski definition) is 1. The van der Waals surface area contributed by atoms with Gasteiger partial charge in [0.25, 0.3) is 6.43 Å². The molecule has 1 aromatic rings. The topological polar surface area (TPSA) is 47.0 Å². The second kappa shape index (κ2) is 6.15. The molecule has 1 N–H and O–H groups in total. The van der Waals surface area contributed by atoms with Gasteiger partial charge in [-0.05, 0) is 6.42 Å². The van der Waals surface area contributed by atoms with Gasteiger partial charge in [0.05, 0.1) is 12.3 Å². The van der Waals surface area contributed by atoms with Crippen molar-refractivity contribution in [1.29, 1.82) is 0 Å². The van der Waals surface area contributed by atoms with Crippen LogP contribution in [0.2, 0.25) is 0 Å². The third kappa shape index (κ3) is 3.20. The molecule has 0 spiro atoms. The van der Waals surface area contributed by atoms with Crippen LogP contribution in [0.3, 0.4) is 0 Å². The fourth-order valence-corrected chi connectivity index (χ4v) is 2.03. The summed E-state index contributed by atoms with van der Waals surface area (Å²) in [5.74, 6) is 0.684. The molecule has 0 saturated carbocycles. The van der Waals surface area contributed by atoms with Gasteiger partial charge in [0.2, 0.25) is 0 Å². The van der Waals surface area contributed by atoms with Gasteiger partial charge in [-0.25, -0.2) is 18.7 Å². The zero-order valence-electron chi connectivity index (χ0n) is 10.4. The summed E-state index contributed by atoms with van der Waals surface area (Å²) in [6, 6.07) is 0. The summed E-state index contributed by atoms with van der Waals surface area (Å²) in [5.41, 5.74) is 3.27. The van der Waals surface area contributed by atoms with Crippen molar-refractivity contribution in [3.63, 3.8) is 0 Å². The van der Waals surface area contributed by atoms with Crippen LogP contribution in [0, 0.1) is 0 Å². The zero-order valence-corrected chi connectivity index (χ0v) is 10.4. The van der Waals surface area contributed by atoms with E-state index >= 15 is 0 Å². The number of hydrogen-bond acceptors (Lipinski definition) is 4. The van der Waals surface area contributed by atoms with E-state index in [1.807, 2.05) is 0 Å². The van der Waals surface area contributed by atoms with E-state index in [0.717, 1.165) is 30.9 Å². The predicted molar refractivity (Wildman–Crippen MR) is 62.5 cm³/mol. The van der Waals surface area contributed by atoms with Crippen LogP contribution < -0.4 is 5.32 Å². The highest BCUT2D eigenvalue weighted by molar-refractivity contribution is 5.29. The first kappa shape index (κ1) is 13.3. The van der Waals surface area contributed by atoms with E-state index in [0.29, 0.717) is 12.2 Å². The molecule has 0 saturated heterocycles. The monoisotopic (exact) mass is 257 g/mol. The lowest BCUT2D eigenvalue weighted by Gasteiger charge is -2.08. The number of rotatable bonds is 6. The van der Waals surface area contributed by atoms with E-state index < -0.39 is 13.0 Å². The van der Waals surface area contributed by atoms with Crippen LogP contribution in [0.15, 0.2) is 0 Å². The molecule has 0 fully saturated rings. The van der Waals surface area contributed by atoms with E-state index in [2.05, 4.69) is 22.2 Å². The van der Waals surface area contributed by atoms with Gasteiger partial charge in [-0.1, -0.05) is 6.92 Å². The number of aryl methyl sites for hydroxylation is 1. The van der Waals surface area contributed by atoms with Crippen molar-refractivity contribution in [2.75, 3.05) is 13.2 Å². The van der Waals surface area contributed by atoms with E-state index in [-0.39, 0.29) is 6.61 Å². The molecule has 2 heterocycles. The number of nitrogens with zero attached hydrogens (tertiary/aromatic N) is 2. The Bertz CT molecular complexity index is 413. The summed E-state index contributed by atoms with van der Waals surface area (Å²) in [4.78, 5) is 8.90. The van der Waals surface area contributed by atoms with Gasteiger partial charge in [-0.2, -0.15) is 0 Å². The molecule has 100 valence electrons. The molecule has 0 amide bonds. The van der Waals surface area contributed by atoms with Crippen molar-refractivity contribution in [3.8, 4) is 0 Å². The smallest absolute Gasteiger partial charge is 0.261 e. The SMILES string of the molecule is CCc1nc(CCOCC(F)F)nc2c1CNC2. The summed E-state index contributed by atoms with van der Waals surface area (Å²) in [6.45, 7) is 3.35. The maximum absolute atomic E-state index is 11.9. The van der Waals surface area contributed by atoms with E-state index in [1.54, 1.807) is 0 Å². The van der Waals surface area contributed by atoms with Gasteiger partial charge >= 0.3 is 0 Å². The summed E-state index contributed by atoms with van der Waals surface area (Å²) < 4.78 is 28.6. The summed E-state index contributed by atoms with van der Waals surface area (Å²) in [6.07, 6.45) is -1.08. The number of halogens is 2. The van der Waals surface area contributed by atoms with Gasteiger partial charge in [-0.3, -0.25) is 0 Å². The third-order valence-corrected chi connectivity index (χ3v) is 2.87. The average molecular weight is 257 g/mol. The van der Waals surface area contributed by atoms with Crippen molar-refractivity contribution in [3.05, 3.63) is 22.8 Å². The fraction of sp³-hybridized carbons (Fsp3) is 0.667. The van der Waals surface area contributed by atoms with E-state index in [9.17, 15) is 8.78 Å². The van der Waals surface area contributed by atoms with Gasteiger partial charge in [-0.15, -0.1) is 0 Å². The highest BCUT2D eigenvalue weighted by Gasteiger charge is 2.17. The number of nitrogens with one attached hydrogen (secondary N) is 1. The van der Waals surface area contributed by atoms with E-state index in [4.69, 9.17) is 4.74 Å². The van der Waals surface area contributed by atoms with Crippen molar-refractivity contribution < 1.29 is 13.5 Å². The normalized spacial score (nSPS) is 14.2. The van der Waals surface area contributed by atoms with Crippen molar-refractivity contribution in [2.45, 2.75) is 39.3 Å². The molecule has 6 heteroatoms. The Hall–Kier alpha value is -1.14. The molecule has 18 heavy (non-hydrogen) atoms. The van der Waals surface area contributed by atoms with Gasteiger partial charge in [0, 0.05) is 30.8 Å². The Balaban J connectivity index is 1.97. The summed E-state index contributed by atoms with van der Waals surface area (Å²) in [7, 11) is 0. The second-order valence-electron chi connectivity index (χ2n) is 4.18. The molecule has 0 radical (unpaired) electrons. The Labute approximate surface area is 105 Å². The van der Waals surface area contributed by atoms with Crippen LogP contribution in [0.1, 0.15) is 29.7 Å². The van der Waals surface area contributed by atoms with Crippen molar-refractivity contribution >= 4 is 0 Å². The molecule has 1 aliphatic heterocycles. The molecule has 0 aliphatic carbocycles. The lowest BCUT2D eigenvalue weighted by molar-refractivity contribution is 0.0182. The molecular weight excluding hydrogens is 240 g/mol. The quantitative estimate of drug-likeness (QED) is 0.784. The number of aromatic nitrogens is 2. The molecule has 4 nitrogen and oxygen atoms in total. The van der Waals surface area contributed by atoms with Gasteiger partial charge in [0.15, 0.2) is 0 Å². The molecule has 0 bridgehead atoms. The number of ether oxygens (including phenoxy) is 1. The Morgan fingerprint density at radius 1 is 1.33 bits per heavy atom. The second-order valence-corrected chi connectivity index (χ2v) is 4.18. The van der Waals surface area contributed by atoms with Crippen LogP contribution in [-0.4, -0.2) is 29.6 Å². The Kier molecular flexibility index (Phi) is 4.54. The average Bonchev–Trinajstić information content (AvgIpc) is 2.81. The lowest BCUT2D eigenvalue weighted by atomic mass is 10.1. The van der Waals surface area contributed by atoms with Crippen LogP contribution in [0.4, 0.5) is 8.78 Å². The largest absolute Gasteiger partial charge is 0.375 e. The summed E-state index contributed by atoms with van der Waals surface area (Å²) >= 11 is 0. The minimum atomic E-state index is -2.42. The van der Waals surface area contributed by atoms with Gasteiger partial charge in [0.1, 0.15) is 12.4 Å². The lowest BCUT2D eigenvalue weighted by Crippen LogP contribution is -2.11. The Morgan fingerprint density at radius 2 is 2.17 bits per heavy atom. The first-order valence-electron chi connectivity index (χ1n) is 6.14. The van der Waals surface area contributed by atoms with Crippen LogP contribution in [0.5, 0.6) is 0 Å². The van der Waals surface area contributed by atoms with Gasteiger partial charge < -0.3 is 10.1 Å². The number of alkyl halides is 2. The van der Waals surface area contributed by atoms with Crippen LogP contribution in [-0.2, 0) is 30.7 Å². The number of fused-ring (bicyclic) bond motifs is 1. The minimum Gasteiger partial charge on any atom is -0.375 e. The first-order chi connectivity index (χ1) is 8.70. The molecule has 2 rings (SSSR count). The van der Waals surface area contributed by atoms with E-state index in [1.165, 1.54) is 5.56 Å². The van der Waals surface area contributed by atoms with Crippen LogP contribution >= 0.6 is 0 Å². The maximum atomic E-state index is 11.9. The molecular formula is C12H17F2N3O. The predicted octanol–water partition coefficient (Wildman–Crippen LogP) is 1.47. The van der Waals surface area contributed by atoms with Crippen LogP contribution in [0.25, 0.3) is 0 Å². The maximum Gasteiger partial charge on any atom is 0.261 e. The first-order valence-corrected chi connectivity index (χ1v) is 6.14. The zero-order chi connectivity index (χ0) is 13.0. The third-order valence-electron chi connectivity index (χ3n) is 2.87.